The number of aliphatic carboxylic acids is 1. The third-order valence-electron chi connectivity index (χ3n) is 3.11. The van der Waals surface area contributed by atoms with Crippen molar-refractivity contribution in [1.82, 2.24) is 0 Å². The lowest BCUT2D eigenvalue weighted by Crippen LogP contribution is -2.14. The first-order valence-electron chi connectivity index (χ1n) is 5.28. The van der Waals surface area contributed by atoms with E-state index in [9.17, 15) is 4.79 Å². The molecule has 15 heavy (non-hydrogen) atoms. The molecule has 86 valence electrons. The molecular formula is C10H16O2S3. The van der Waals surface area contributed by atoms with Crippen LogP contribution in [0.2, 0.25) is 0 Å². The van der Waals surface area contributed by atoms with Crippen molar-refractivity contribution in [2.75, 3.05) is 11.5 Å². The zero-order valence-electron chi connectivity index (χ0n) is 8.52. The topological polar surface area (TPSA) is 37.3 Å². The van der Waals surface area contributed by atoms with Gasteiger partial charge in [0, 0.05) is 23.2 Å². The number of thiol groups is 1. The van der Waals surface area contributed by atoms with E-state index in [1.165, 1.54) is 12.2 Å². The van der Waals surface area contributed by atoms with E-state index >= 15 is 0 Å². The molecule has 3 unspecified atom stereocenters. The van der Waals surface area contributed by atoms with Gasteiger partial charge in [-0.1, -0.05) is 0 Å². The fraction of sp³-hybridized carbons (Fsp3) is 0.900. The van der Waals surface area contributed by atoms with Crippen molar-refractivity contribution in [3.8, 4) is 0 Å². The summed E-state index contributed by atoms with van der Waals surface area (Å²) in [5.74, 6) is 1.90. The molecule has 0 aromatic rings. The Morgan fingerprint density at radius 1 is 1.60 bits per heavy atom. The van der Waals surface area contributed by atoms with Crippen LogP contribution in [0.3, 0.4) is 0 Å². The number of carbonyl (C=O) groups is 1. The maximum atomic E-state index is 10.7. The molecule has 1 aliphatic carbocycles. The molecule has 1 spiro atoms. The smallest absolute Gasteiger partial charge is 0.303 e. The van der Waals surface area contributed by atoms with Gasteiger partial charge in [0.2, 0.25) is 0 Å². The van der Waals surface area contributed by atoms with Crippen LogP contribution in [0.25, 0.3) is 0 Å². The Kier molecular flexibility index (Phi) is 3.83. The lowest BCUT2D eigenvalue weighted by atomic mass is 10.1. The quantitative estimate of drug-likeness (QED) is 0.769. The maximum Gasteiger partial charge on any atom is 0.303 e. The second-order valence-electron chi connectivity index (χ2n) is 4.35. The zero-order valence-corrected chi connectivity index (χ0v) is 11.0. The first kappa shape index (κ1) is 12.0. The van der Waals surface area contributed by atoms with E-state index in [-0.39, 0.29) is 0 Å². The minimum Gasteiger partial charge on any atom is -0.481 e. The van der Waals surface area contributed by atoms with Crippen molar-refractivity contribution in [2.45, 2.75) is 35.0 Å². The van der Waals surface area contributed by atoms with Crippen molar-refractivity contribution in [2.24, 2.45) is 5.92 Å². The average Bonchev–Trinajstić information content (AvgIpc) is 2.74. The van der Waals surface area contributed by atoms with Gasteiger partial charge in [-0.15, -0.1) is 23.5 Å². The van der Waals surface area contributed by atoms with Crippen LogP contribution < -0.4 is 0 Å². The first-order valence-corrected chi connectivity index (χ1v) is 7.78. The summed E-state index contributed by atoms with van der Waals surface area (Å²) >= 11 is 8.42. The number of carboxylic acid groups (broad SMARTS) is 1. The highest BCUT2D eigenvalue weighted by Crippen LogP contribution is 2.59. The SMILES string of the molecule is O=C(O)CC1CCC2(C1)SCC(CS)S2. The van der Waals surface area contributed by atoms with Gasteiger partial charge in [0.05, 0.1) is 4.08 Å². The van der Waals surface area contributed by atoms with Crippen LogP contribution in [-0.2, 0) is 4.79 Å². The maximum absolute atomic E-state index is 10.7. The molecule has 1 saturated heterocycles. The molecular weight excluding hydrogens is 248 g/mol. The van der Waals surface area contributed by atoms with Crippen molar-refractivity contribution >= 4 is 42.1 Å². The van der Waals surface area contributed by atoms with E-state index in [1.54, 1.807) is 0 Å². The Hall–Kier alpha value is 0.520. The Morgan fingerprint density at radius 3 is 3.00 bits per heavy atom. The molecule has 1 N–H and O–H groups in total. The van der Waals surface area contributed by atoms with Gasteiger partial charge in [-0.3, -0.25) is 4.79 Å². The predicted octanol–water partition coefficient (Wildman–Crippen LogP) is 2.74. The van der Waals surface area contributed by atoms with Crippen LogP contribution in [0, 0.1) is 5.92 Å². The van der Waals surface area contributed by atoms with E-state index < -0.39 is 5.97 Å². The molecule has 2 aliphatic rings. The van der Waals surface area contributed by atoms with E-state index in [0.717, 1.165) is 18.6 Å². The Labute approximate surface area is 104 Å². The molecule has 1 heterocycles. The van der Waals surface area contributed by atoms with Crippen LogP contribution >= 0.6 is 36.2 Å². The highest BCUT2D eigenvalue weighted by Gasteiger charge is 2.46. The van der Waals surface area contributed by atoms with Gasteiger partial charge in [0.25, 0.3) is 0 Å². The molecule has 0 bridgehead atoms. The summed E-state index contributed by atoms with van der Waals surface area (Å²) in [6.45, 7) is 0. The minimum atomic E-state index is -0.643. The molecule has 2 nitrogen and oxygen atoms in total. The van der Waals surface area contributed by atoms with Crippen LogP contribution in [0.15, 0.2) is 0 Å². The second kappa shape index (κ2) is 4.80. The van der Waals surface area contributed by atoms with E-state index in [0.29, 0.717) is 21.7 Å². The lowest BCUT2D eigenvalue weighted by Gasteiger charge is -2.21. The third kappa shape index (κ3) is 2.80. The normalized spacial score (nSPS) is 40.1. The van der Waals surface area contributed by atoms with Crippen molar-refractivity contribution in [3.05, 3.63) is 0 Å². The molecule has 2 fully saturated rings. The fourth-order valence-electron chi connectivity index (χ4n) is 2.43. The van der Waals surface area contributed by atoms with Gasteiger partial charge in [0.1, 0.15) is 0 Å². The van der Waals surface area contributed by atoms with Gasteiger partial charge in [-0.05, 0) is 25.2 Å². The molecule has 1 saturated carbocycles. The zero-order chi connectivity index (χ0) is 10.9. The van der Waals surface area contributed by atoms with Crippen molar-refractivity contribution < 1.29 is 9.90 Å². The van der Waals surface area contributed by atoms with Crippen LogP contribution in [-0.4, -0.2) is 31.9 Å². The van der Waals surface area contributed by atoms with Crippen molar-refractivity contribution in [3.63, 3.8) is 0 Å². The summed E-state index contributed by atoms with van der Waals surface area (Å²) in [5.41, 5.74) is 0. The molecule has 5 heteroatoms. The van der Waals surface area contributed by atoms with Crippen LogP contribution in [0.1, 0.15) is 25.7 Å². The molecule has 0 radical (unpaired) electrons. The van der Waals surface area contributed by atoms with Crippen LogP contribution in [0.4, 0.5) is 0 Å². The van der Waals surface area contributed by atoms with Gasteiger partial charge in [-0.2, -0.15) is 12.6 Å². The fourth-order valence-corrected chi connectivity index (χ4v) is 6.79. The van der Waals surface area contributed by atoms with Gasteiger partial charge < -0.3 is 5.11 Å². The Bertz CT molecular complexity index is 259. The average molecular weight is 264 g/mol. The predicted molar refractivity (Wildman–Crippen MR) is 70.0 cm³/mol. The van der Waals surface area contributed by atoms with Gasteiger partial charge >= 0.3 is 5.97 Å². The summed E-state index contributed by atoms with van der Waals surface area (Å²) in [6, 6.07) is 0. The monoisotopic (exact) mass is 264 g/mol. The second-order valence-corrected chi connectivity index (χ2v) is 8.06. The van der Waals surface area contributed by atoms with E-state index in [4.69, 9.17) is 5.11 Å². The molecule has 2 rings (SSSR count). The molecule has 1 aliphatic heterocycles. The standard InChI is InChI=1S/C10H16O2S3/c11-9(12)3-7-1-2-10(4-7)14-6-8(5-13)15-10/h7-8,13H,1-6H2,(H,11,12). The summed E-state index contributed by atoms with van der Waals surface area (Å²) in [5, 5.41) is 9.45. The number of carboxylic acids is 1. The van der Waals surface area contributed by atoms with Gasteiger partial charge in [-0.25, -0.2) is 0 Å². The molecule has 0 aromatic carbocycles. The summed E-state index contributed by atoms with van der Waals surface area (Å²) in [7, 11) is 0. The number of hydrogen-bond donors (Lipinski definition) is 2. The summed E-state index contributed by atoms with van der Waals surface area (Å²) < 4.78 is 0.341. The first-order chi connectivity index (χ1) is 7.13. The highest BCUT2D eigenvalue weighted by atomic mass is 32.2. The van der Waals surface area contributed by atoms with Crippen molar-refractivity contribution in [1.29, 1.82) is 0 Å². The third-order valence-corrected chi connectivity index (χ3v) is 7.59. The number of rotatable bonds is 3. The Balaban J connectivity index is 1.89. The molecule has 0 aromatic heterocycles. The van der Waals surface area contributed by atoms with Crippen LogP contribution in [0.5, 0.6) is 0 Å². The molecule has 3 atom stereocenters. The lowest BCUT2D eigenvalue weighted by molar-refractivity contribution is -0.138. The van der Waals surface area contributed by atoms with E-state index in [1.807, 2.05) is 23.5 Å². The Morgan fingerprint density at radius 2 is 2.40 bits per heavy atom. The van der Waals surface area contributed by atoms with Gasteiger partial charge in [0.15, 0.2) is 0 Å². The minimum absolute atomic E-state index is 0.341. The highest BCUT2D eigenvalue weighted by molar-refractivity contribution is 8.21. The summed E-state index contributed by atoms with van der Waals surface area (Å²) in [4.78, 5) is 10.7. The summed E-state index contributed by atoms with van der Waals surface area (Å²) in [6.07, 6.45) is 3.71. The number of hydrogen-bond acceptors (Lipinski definition) is 4. The van der Waals surface area contributed by atoms with E-state index in [2.05, 4.69) is 12.6 Å². The largest absolute Gasteiger partial charge is 0.481 e. The number of thioether (sulfide) groups is 2. The molecule has 0 amide bonds.